The number of carbonyl (C=O) groups excluding carboxylic acids is 2. The molecule has 1 aliphatic heterocycles. The fourth-order valence-electron chi connectivity index (χ4n) is 2.86. The third-order valence-corrected chi connectivity index (χ3v) is 6.17. The molecule has 0 unspecified atom stereocenters. The standard InChI is InChI=1S/C18H26N2O4S/c1-13-4-6-17(12-14(13)2)25(23,24)19-16-8-10-20(11-9-16)18(22)7-5-15(3)21/h4,6,12,16,19H,5,7-11H2,1-3H3. The highest BCUT2D eigenvalue weighted by molar-refractivity contribution is 7.89. The molecule has 0 saturated carbocycles. The molecule has 25 heavy (non-hydrogen) atoms. The maximum atomic E-state index is 12.5. The Balaban J connectivity index is 1.91. The molecule has 0 atom stereocenters. The maximum Gasteiger partial charge on any atom is 0.240 e. The lowest BCUT2D eigenvalue weighted by atomic mass is 10.1. The van der Waals surface area contributed by atoms with E-state index in [1.165, 1.54) is 6.92 Å². The lowest BCUT2D eigenvalue weighted by Gasteiger charge is -2.32. The number of amides is 1. The Hall–Kier alpha value is -1.73. The van der Waals surface area contributed by atoms with Crippen LogP contribution in [0.1, 0.15) is 43.7 Å². The van der Waals surface area contributed by atoms with E-state index in [2.05, 4.69) is 4.72 Å². The smallest absolute Gasteiger partial charge is 0.240 e. The molecule has 0 aromatic heterocycles. The first-order valence-electron chi connectivity index (χ1n) is 8.56. The zero-order valence-corrected chi connectivity index (χ0v) is 15.9. The number of carbonyl (C=O) groups is 2. The van der Waals surface area contributed by atoms with Crippen LogP contribution in [0.3, 0.4) is 0 Å². The molecule has 1 heterocycles. The Morgan fingerprint density at radius 3 is 2.32 bits per heavy atom. The summed E-state index contributed by atoms with van der Waals surface area (Å²) in [4.78, 5) is 25.0. The molecule has 0 aliphatic carbocycles. The third-order valence-electron chi connectivity index (χ3n) is 4.65. The largest absolute Gasteiger partial charge is 0.343 e. The number of nitrogens with one attached hydrogen (secondary N) is 1. The van der Waals surface area contributed by atoms with Crippen LogP contribution in [0, 0.1) is 13.8 Å². The second-order valence-corrected chi connectivity index (χ2v) is 8.44. The van der Waals surface area contributed by atoms with E-state index in [1.54, 1.807) is 23.1 Å². The third kappa shape index (κ3) is 5.37. The van der Waals surface area contributed by atoms with Gasteiger partial charge in [0.05, 0.1) is 4.90 Å². The van der Waals surface area contributed by atoms with Crippen LogP contribution < -0.4 is 4.72 Å². The first-order valence-corrected chi connectivity index (χ1v) is 10.0. The second kappa shape index (κ2) is 8.10. The summed E-state index contributed by atoms with van der Waals surface area (Å²) < 4.78 is 27.8. The van der Waals surface area contributed by atoms with E-state index in [-0.39, 0.29) is 35.5 Å². The van der Waals surface area contributed by atoms with Crippen molar-refractivity contribution in [3.8, 4) is 0 Å². The van der Waals surface area contributed by atoms with Crippen molar-refractivity contribution < 1.29 is 18.0 Å². The van der Waals surface area contributed by atoms with Gasteiger partial charge in [-0.15, -0.1) is 0 Å². The minimum atomic E-state index is -3.56. The molecule has 1 aromatic carbocycles. The molecule has 6 nitrogen and oxygen atoms in total. The summed E-state index contributed by atoms with van der Waals surface area (Å²) in [6.07, 6.45) is 1.65. The van der Waals surface area contributed by atoms with Gasteiger partial charge >= 0.3 is 0 Å². The van der Waals surface area contributed by atoms with Gasteiger partial charge in [-0.2, -0.15) is 0 Å². The van der Waals surface area contributed by atoms with E-state index >= 15 is 0 Å². The molecule has 1 saturated heterocycles. The van der Waals surface area contributed by atoms with E-state index in [4.69, 9.17) is 0 Å². The number of likely N-dealkylation sites (tertiary alicyclic amines) is 1. The average Bonchev–Trinajstić information content (AvgIpc) is 2.55. The Bertz CT molecular complexity index is 750. The van der Waals surface area contributed by atoms with Crippen molar-refractivity contribution in [2.75, 3.05) is 13.1 Å². The Kier molecular flexibility index (Phi) is 6.35. The summed E-state index contributed by atoms with van der Waals surface area (Å²) in [5, 5.41) is 0. The minimum absolute atomic E-state index is 0.00406. The Labute approximate surface area is 149 Å². The SMILES string of the molecule is CC(=O)CCC(=O)N1CCC(NS(=O)(=O)c2ccc(C)c(C)c2)CC1. The van der Waals surface area contributed by atoms with Crippen molar-refractivity contribution in [1.29, 1.82) is 0 Å². The normalized spacial score (nSPS) is 16.0. The number of hydrogen-bond donors (Lipinski definition) is 1. The number of ketones is 1. The second-order valence-electron chi connectivity index (χ2n) is 6.72. The summed E-state index contributed by atoms with van der Waals surface area (Å²) in [6, 6.07) is 4.92. The number of rotatable bonds is 6. The molecule has 1 fully saturated rings. The number of nitrogens with zero attached hydrogens (tertiary/aromatic N) is 1. The number of sulfonamides is 1. The van der Waals surface area contributed by atoms with Crippen LogP contribution in [-0.4, -0.2) is 44.1 Å². The van der Waals surface area contributed by atoms with Crippen molar-refractivity contribution in [1.82, 2.24) is 9.62 Å². The number of aryl methyl sites for hydroxylation is 2. The summed E-state index contributed by atoms with van der Waals surface area (Å²) >= 11 is 0. The van der Waals surface area contributed by atoms with Crippen molar-refractivity contribution in [2.45, 2.75) is 57.4 Å². The van der Waals surface area contributed by atoms with E-state index in [9.17, 15) is 18.0 Å². The van der Waals surface area contributed by atoms with Gasteiger partial charge in [-0.1, -0.05) is 6.07 Å². The van der Waals surface area contributed by atoms with Gasteiger partial charge in [-0.25, -0.2) is 13.1 Å². The summed E-state index contributed by atoms with van der Waals surface area (Å²) in [5.74, 6) is -0.0324. The van der Waals surface area contributed by atoms with Crippen LogP contribution in [0.4, 0.5) is 0 Å². The van der Waals surface area contributed by atoms with Gasteiger partial charge in [0.2, 0.25) is 15.9 Å². The highest BCUT2D eigenvalue weighted by Gasteiger charge is 2.26. The van der Waals surface area contributed by atoms with Crippen molar-refractivity contribution in [2.24, 2.45) is 0 Å². The minimum Gasteiger partial charge on any atom is -0.343 e. The molecule has 0 radical (unpaired) electrons. The predicted molar refractivity (Wildman–Crippen MR) is 95.8 cm³/mol. The van der Waals surface area contributed by atoms with E-state index < -0.39 is 10.0 Å². The quantitative estimate of drug-likeness (QED) is 0.834. The fourth-order valence-corrected chi connectivity index (χ4v) is 4.25. The van der Waals surface area contributed by atoms with Gasteiger partial charge in [-0.05, 0) is 56.9 Å². The van der Waals surface area contributed by atoms with Crippen LogP contribution in [0.15, 0.2) is 23.1 Å². The van der Waals surface area contributed by atoms with Crippen LogP contribution in [-0.2, 0) is 19.6 Å². The first kappa shape index (κ1) is 19.6. The maximum absolute atomic E-state index is 12.5. The summed E-state index contributed by atoms with van der Waals surface area (Å²) in [6.45, 7) is 6.33. The van der Waals surface area contributed by atoms with Gasteiger partial charge in [0, 0.05) is 32.0 Å². The Morgan fingerprint density at radius 1 is 1.12 bits per heavy atom. The van der Waals surface area contributed by atoms with Gasteiger partial charge < -0.3 is 9.69 Å². The van der Waals surface area contributed by atoms with Crippen molar-refractivity contribution >= 4 is 21.7 Å². The summed E-state index contributed by atoms with van der Waals surface area (Å²) in [7, 11) is -3.56. The van der Waals surface area contributed by atoms with Gasteiger partial charge in [0.15, 0.2) is 0 Å². The monoisotopic (exact) mass is 366 g/mol. The molecule has 7 heteroatoms. The van der Waals surface area contributed by atoms with Crippen molar-refractivity contribution in [3.05, 3.63) is 29.3 Å². The molecule has 1 aromatic rings. The molecule has 1 amide bonds. The van der Waals surface area contributed by atoms with Gasteiger partial charge in [0.1, 0.15) is 5.78 Å². The van der Waals surface area contributed by atoms with Crippen LogP contribution in [0.25, 0.3) is 0 Å². The van der Waals surface area contributed by atoms with E-state index in [1.807, 2.05) is 13.8 Å². The number of benzene rings is 1. The molecule has 1 N–H and O–H groups in total. The molecular formula is C18H26N2O4S. The zero-order valence-electron chi connectivity index (χ0n) is 15.0. The van der Waals surface area contributed by atoms with E-state index in [0.29, 0.717) is 25.9 Å². The van der Waals surface area contributed by atoms with Crippen LogP contribution in [0.2, 0.25) is 0 Å². The topological polar surface area (TPSA) is 83.6 Å². The number of piperidine rings is 1. The molecule has 138 valence electrons. The predicted octanol–water partition coefficient (Wildman–Crippen LogP) is 1.94. The van der Waals surface area contributed by atoms with E-state index in [0.717, 1.165) is 11.1 Å². The van der Waals surface area contributed by atoms with Gasteiger partial charge in [-0.3, -0.25) is 4.79 Å². The molecule has 0 spiro atoms. The average molecular weight is 366 g/mol. The Morgan fingerprint density at radius 2 is 1.76 bits per heavy atom. The lowest BCUT2D eigenvalue weighted by Crippen LogP contribution is -2.46. The highest BCUT2D eigenvalue weighted by atomic mass is 32.2. The number of hydrogen-bond acceptors (Lipinski definition) is 4. The number of Topliss-reactive ketones (excluding diaryl/α,β-unsaturated/α-hetero) is 1. The zero-order chi connectivity index (χ0) is 18.6. The molecule has 2 rings (SSSR count). The molecule has 0 bridgehead atoms. The van der Waals surface area contributed by atoms with Gasteiger partial charge in [0.25, 0.3) is 0 Å². The first-order chi connectivity index (χ1) is 11.7. The summed E-state index contributed by atoms with van der Waals surface area (Å²) in [5.41, 5.74) is 1.99. The fraction of sp³-hybridized carbons (Fsp3) is 0.556. The lowest BCUT2D eigenvalue weighted by molar-refractivity contribution is -0.133. The van der Waals surface area contributed by atoms with Crippen LogP contribution in [0.5, 0.6) is 0 Å². The molecular weight excluding hydrogens is 340 g/mol. The molecule has 1 aliphatic rings. The van der Waals surface area contributed by atoms with Crippen molar-refractivity contribution in [3.63, 3.8) is 0 Å². The van der Waals surface area contributed by atoms with Crippen LogP contribution >= 0.6 is 0 Å². The highest BCUT2D eigenvalue weighted by Crippen LogP contribution is 2.18.